The Hall–Kier alpha value is -2.76. The largest absolute Gasteiger partial charge is 0.493 e. The van der Waals surface area contributed by atoms with Crippen molar-refractivity contribution in [1.82, 2.24) is 28.8 Å². The maximum absolute atomic E-state index is 13.5. The molecule has 2 aromatic heterocycles. The zero-order valence-corrected chi connectivity index (χ0v) is 21.7. The highest BCUT2D eigenvalue weighted by molar-refractivity contribution is 7.89. The van der Waals surface area contributed by atoms with E-state index < -0.39 is 10.0 Å². The number of nitrogens with one attached hydrogen (secondary N) is 1. The Bertz CT molecular complexity index is 1360. The van der Waals surface area contributed by atoms with Crippen molar-refractivity contribution in [1.29, 1.82) is 0 Å². The highest BCUT2D eigenvalue weighted by atomic mass is 32.2. The highest BCUT2D eigenvalue weighted by Gasteiger charge is 2.29. The van der Waals surface area contributed by atoms with Crippen molar-refractivity contribution in [2.45, 2.75) is 51.9 Å². The van der Waals surface area contributed by atoms with Gasteiger partial charge in [-0.1, -0.05) is 20.8 Å². The molecule has 3 aromatic rings. The van der Waals surface area contributed by atoms with Crippen molar-refractivity contribution >= 4 is 15.5 Å². The molecule has 11 heteroatoms. The number of ether oxygens (including phenoxy) is 1. The van der Waals surface area contributed by atoms with Crippen LogP contribution in [-0.4, -0.2) is 76.5 Å². The van der Waals surface area contributed by atoms with Crippen LogP contribution in [0.1, 0.15) is 45.1 Å². The van der Waals surface area contributed by atoms with E-state index in [0.29, 0.717) is 67.6 Å². The van der Waals surface area contributed by atoms with Crippen LogP contribution < -0.4 is 10.3 Å². The topological polar surface area (TPSA) is 113 Å². The van der Waals surface area contributed by atoms with Gasteiger partial charge < -0.3 is 14.6 Å². The summed E-state index contributed by atoms with van der Waals surface area (Å²) in [6, 6.07) is 4.77. The van der Waals surface area contributed by atoms with E-state index in [2.05, 4.69) is 26.9 Å². The lowest BCUT2D eigenvalue weighted by Crippen LogP contribution is -2.48. The summed E-state index contributed by atoms with van der Waals surface area (Å²) in [5.41, 5.74) is 1.11. The number of aromatic amines is 1. The minimum Gasteiger partial charge on any atom is -0.493 e. The van der Waals surface area contributed by atoms with Crippen LogP contribution in [-0.2, 0) is 16.4 Å². The average molecular weight is 503 g/mol. The zero-order valence-electron chi connectivity index (χ0n) is 20.9. The van der Waals surface area contributed by atoms with Gasteiger partial charge in [0.1, 0.15) is 11.6 Å². The van der Waals surface area contributed by atoms with E-state index in [-0.39, 0.29) is 16.3 Å². The standard InChI is InChI=1S/C24H34N6O4S/c1-5-8-21-25-17(4)22-24(31)26-23(27-30(21)22)19-16-18(9-10-20(19)34-15-6-2)35(32,33)29-13-11-28(7-3)12-14-29/h9-10,16H,5-8,11-15H2,1-4H3,(H,26,27,31). The van der Waals surface area contributed by atoms with Crippen LogP contribution in [0.5, 0.6) is 5.75 Å². The summed E-state index contributed by atoms with van der Waals surface area (Å²) in [6.45, 7) is 11.5. The molecular formula is C24H34N6O4S. The maximum atomic E-state index is 13.5. The van der Waals surface area contributed by atoms with Crippen molar-refractivity contribution in [2.24, 2.45) is 0 Å². The van der Waals surface area contributed by atoms with E-state index in [0.717, 1.165) is 19.4 Å². The van der Waals surface area contributed by atoms with Gasteiger partial charge in [0.05, 0.1) is 22.8 Å². The summed E-state index contributed by atoms with van der Waals surface area (Å²) in [7, 11) is -3.71. The predicted molar refractivity (Wildman–Crippen MR) is 134 cm³/mol. The van der Waals surface area contributed by atoms with E-state index >= 15 is 0 Å². The van der Waals surface area contributed by atoms with Crippen molar-refractivity contribution in [3.8, 4) is 17.1 Å². The molecule has 1 aliphatic heterocycles. The Morgan fingerprint density at radius 2 is 1.83 bits per heavy atom. The number of aryl methyl sites for hydroxylation is 2. The zero-order chi connectivity index (χ0) is 25.2. The number of imidazole rings is 1. The van der Waals surface area contributed by atoms with E-state index in [9.17, 15) is 13.2 Å². The molecule has 0 atom stereocenters. The summed E-state index contributed by atoms with van der Waals surface area (Å²) in [5.74, 6) is 1.41. The molecule has 0 bridgehead atoms. The molecule has 0 aliphatic carbocycles. The summed E-state index contributed by atoms with van der Waals surface area (Å²) in [4.78, 5) is 22.7. The smallest absolute Gasteiger partial charge is 0.277 e. The van der Waals surface area contributed by atoms with Crippen LogP contribution in [0.4, 0.5) is 0 Å². The number of hydrogen-bond acceptors (Lipinski definition) is 7. The fourth-order valence-corrected chi connectivity index (χ4v) is 5.82. The molecule has 0 saturated carbocycles. The Balaban J connectivity index is 1.82. The first kappa shape index (κ1) is 25.3. The van der Waals surface area contributed by atoms with Gasteiger partial charge in [-0.3, -0.25) is 4.79 Å². The number of rotatable bonds is 9. The van der Waals surface area contributed by atoms with Gasteiger partial charge in [-0.15, -0.1) is 5.10 Å². The Morgan fingerprint density at radius 3 is 2.49 bits per heavy atom. The van der Waals surface area contributed by atoms with Crippen LogP contribution in [0.25, 0.3) is 16.9 Å². The Labute approximate surface area is 206 Å². The van der Waals surface area contributed by atoms with Gasteiger partial charge in [-0.25, -0.2) is 17.9 Å². The SMILES string of the molecule is CCCOc1ccc(S(=O)(=O)N2CCN(CC)CC2)cc1-c1nn2c(CCC)nc(C)c2c(=O)[nH]1. The molecule has 0 radical (unpaired) electrons. The number of fused-ring (bicyclic) bond motifs is 1. The minimum absolute atomic E-state index is 0.152. The van der Waals surface area contributed by atoms with Crippen LogP contribution in [0.3, 0.4) is 0 Å². The Morgan fingerprint density at radius 1 is 1.09 bits per heavy atom. The van der Waals surface area contributed by atoms with Crippen LogP contribution in [0, 0.1) is 6.92 Å². The lowest BCUT2D eigenvalue weighted by atomic mass is 10.2. The fraction of sp³-hybridized carbons (Fsp3) is 0.542. The molecule has 4 rings (SSSR count). The first-order chi connectivity index (χ1) is 16.8. The number of aromatic nitrogens is 4. The lowest BCUT2D eigenvalue weighted by Gasteiger charge is -2.33. The second-order valence-corrected chi connectivity index (χ2v) is 10.7. The first-order valence-corrected chi connectivity index (χ1v) is 13.7. The molecule has 1 fully saturated rings. The molecule has 1 N–H and O–H groups in total. The van der Waals surface area contributed by atoms with Gasteiger partial charge in [0.25, 0.3) is 5.56 Å². The molecule has 190 valence electrons. The first-order valence-electron chi connectivity index (χ1n) is 12.3. The second kappa shape index (κ2) is 10.5. The van der Waals surface area contributed by atoms with Gasteiger partial charge in [0.15, 0.2) is 11.3 Å². The number of nitrogens with zero attached hydrogens (tertiary/aromatic N) is 5. The van der Waals surface area contributed by atoms with Crippen molar-refractivity contribution in [2.75, 3.05) is 39.3 Å². The third-order valence-electron chi connectivity index (χ3n) is 6.30. The number of piperazine rings is 1. The Kier molecular flexibility index (Phi) is 7.58. The van der Waals surface area contributed by atoms with Crippen molar-refractivity contribution in [3.05, 3.63) is 40.1 Å². The van der Waals surface area contributed by atoms with Crippen LogP contribution in [0.2, 0.25) is 0 Å². The number of hydrogen-bond donors (Lipinski definition) is 1. The average Bonchev–Trinajstić information content (AvgIpc) is 3.18. The molecule has 3 heterocycles. The summed E-state index contributed by atoms with van der Waals surface area (Å²) >= 11 is 0. The third kappa shape index (κ3) is 4.98. The summed E-state index contributed by atoms with van der Waals surface area (Å²) < 4.78 is 35.9. The monoisotopic (exact) mass is 502 g/mol. The molecule has 0 unspecified atom stereocenters. The molecule has 10 nitrogen and oxygen atoms in total. The predicted octanol–water partition coefficient (Wildman–Crippen LogP) is 2.46. The fourth-order valence-electron chi connectivity index (χ4n) is 4.37. The maximum Gasteiger partial charge on any atom is 0.277 e. The normalized spacial score (nSPS) is 15.7. The number of likely N-dealkylation sites (N-methyl/N-ethyl adjacent to an activating group) is 1. The third-order valence-corrected chi connectivity index (χ3v) is 8.20. The lowest BCUT2D eigenvalue weighted by molar-refractivity contribution is 0.196. The van der Waals surface area contributed by atoms with E-state index in [1.807, 2.05) is 13.8 Å². The quantitative estimate of drug-likeness (QED) is 0.478. The molecule has 0 spiro atoms. The van der Waals surface area contributed by atoms with Crippen molar-refractivity contribution < 1.29 is 13.2 Å². The summed E-state index contributed by atoms with van der Waals surface area (Å²) in [6.07, 6.45) is 2.31. The van der Waals surface area contributed by atoms with Crippen LogP contribution >= 0.6 is 0 Å². The van der Waals surface area contributed by atoms with Crippen LogP contribution in [0.15, 0.2) is 27.9 Å². The van der Waals surface area contributed by atoms with Gasteiger partial charge in [-0.05, 0) is 44.5 Å². The number of benzene rings is 1. The van der Waals surface area contributed by atoms with E-state index in [1.165, 1.54) is 4.31 Å². The molecule has 1 aromatic carbocycles. The molecule has 1 saturated heterocycles. The number of sulfonamides is 1. The van der Waals surface area contributed by atoms with Gasteiger partial charge in [0, 0.05) is 32.6 Å². The number of H-pyrrole nitrogens is 1. The molecule has 1 aliphatic rings. The van der Waals surface area contributed by atoms with Gasteiger partial charge in [0.2, 0.25) is 10.0 Å². The molecular weight excluding hydrogens is 468 g/mol. The highest BCUT2D eigenvalue weighted by Crippen LogP contribution is 2.32. The van der Waals surface area contributed by atoms with E-state index in [4.69, 9.17) is 4.74 Å². The summed E-state index contributed by atoms with van der Waals surface area (Å²) in [5, 5.41) is 4.67. The molecule has 0 amide bonds. The van der Waals surface area contributed by atoms with E-state index in [1.54, 1.807) is 29.6 Å². The second-order valence-electron chi connectivity index (χ2n) is 8.77. The minimum atomic E-state index is -3.71. The van der Waals surface area contributed by atoms with Gasteiger partial charge in [-0.2, -0.15) is 4.31 Å². The van der Waals surface area contributed by atoms with Gasteiger partial charge >= 0.3 is 0 Å². The molecule has 35 heavy (non-hydrogen) atoms. The van der Waals surface area contributed by atoms with Crippen molar-refractivity contribution in [3.63, 3.8) is 0 Å².